The number of H-pyrrole nitrogens is 1. The Bertz CT molecular complexity index is 2610. The number of carbonyl (C=O) groups excluding carboxylic acids is 2. The zero-order valence-electron chi connectivity index (χ0n) is 32.5. The molecule has 24 nitrogen and oxygen atoms in total. The maximum absolute atomic E-state index is 16.3. The number of hydrogen-bond acceptors (Lipinski definition) is 17. The Hall–Kier alpha value is -6.22. The minimum absolute atomic E-state index is 0.128. The van der Waals surface area contributed by atoms with Crippen molar-refractivity contribution in [3.63, 3.8) is 0 Å². The van der Waals surface area contributed by atoms with Crippen LogP contribution in [-0.2, 0) is 32.4 Å². The number of ether oxygens (including phenoxy) is 2. The van der Waals surface area contributed by atoms with Gasteiger partial charge in [-0.25, -0.2) is 28.9 Å². The van der Waals surface area contributed by atoms with Crippen molar-refractivity contribution in [1.82, 2.24) is 39.0 Å². The summed E-state index contributed by atoms with van der Waals surface area (Å²) in [5.41, 5.74) is 8.66. The number of hydrogen-bond donors (Lipinski definition) is 4. The van der Waals surface area contributed by atoms with Crippen LogP contribution < -0.4 is 16.2 Å². The molecule has 0 aliphatic carbocycles. The van der Waals surface area contributed by atoms with Gasteiger partial charge in [0, 0.05) is 22.3 Å². The fourth-order valence-electron chi connectivity index (χ4n) is 6.59. The van der Waals surface area contributed by atoms with E-state index < -0.39 is 99.8 Å². The normalized spacial score (nSPS) is 24.7. The molecule has 61 heavy (non-hydrogen) atoms. The monoisotopic (exact) mass is 864 g/mol. The lowest BCUT2D eigenvalue weighted by Gasteiger charge is -2.26. The Labute approximate surface area is 343 Å². The summed E-state index contributed by atoms with van der Waals surface area (Å²) in [6.07, 6.45) is -7.11. The van der Waals surface area contributed by atoms with E-state index in [9.17, 15) is 29.3 Å². The van der Waals surface area contributed by atoms with E-state index in [0.717, 1.165) is 10.9 Å². The van der Waals surface area contributed by atoms with Crippen molar-refractivity contribution < 1.29 is 46.7 Å². The van der Waals surface area contributed by atoms with Crippen LogP contribution in [0.1, 0.15) is 50.0 Å². The summed E-state index contributed by atoms with van der Waals surface area (Å²) in [5, 5.41) is 29.1. The molecule has 4 N–H and O–H groups in total. The van der Waals surface area contributed by atoms with Crippen molar-refractivity contribution in [3.05, 3.63) is 75.7 Å². The molecule has 1 aromatic carbocycles. The molecular formula is C35H38FN14O10P. The van der Waals surface area contributed by atoms with Crippen LogP contribution in [-0.4, -0.2) is 106 Å². The van der Waals surface area contributed by atoms with Crippen molar-refractivity contribution in [2.75, 3.05) is 30.4 Å². The fourth-order valence-corrected chi connectivity index (χ4v) is 7.95. The first kappa shape index (κ1) is 42.9. The van der Waals surface area contributed by atoms with Gasteiger partial charge in [-0.2, -0.15) is 10.2 Å². The lowest BCUT2D eigenvalue weighted by molar-refractivity contribution is -0.118. The van der Waals surface area contributed by atoms with E-state index in [2.05, 4.69) is 50.6 Å². The molecular weight excluding hydrogens is 826 g/mol. The van der Waals surface area contributed by atoms with Gasteiger partial charge in [0.05, 0.1) is 57.1 Å². The van der Waals surface area contributed by atoms with Gasteiger partial charge in [-0.05, 0) is 17.7 Å². The van der Waals surface area contributed by atoms with E-state index in [1.165, 1.54) is 17.2 Å². The van der Waals surface area contributed by atoms with E-state index in [1.807, 2.05) is 6.07 Å². The molecule has 6 heterocycles. The van der Waals surface area contributed by atoms with Gasteiger partial charge in [-0.1, -0.05) is 44.1 Å². The Morgan fingerprint density at radius 3 is 2.52 bits per heavy atom. The predicted molar refractivity (Wildman–Crippen MR) is 208 cm³/mol. The molecule has 4 aromatic heterocycles. The minimum atomic E-state index is -4.92. The highest BCUT2D eigenvalue weighted by Gasteiger charge is 2.52. The number of nitrogens with one attached hydrogen (secondary N) is 3. The molecule has 9 atom stereocenters. The summed E-state index contributed by atoms with van der Waals surface area (Å²) in [4.78, 5) is 64.5. The van der Waals surface area contributed by atoms with Gasteiger partial charge in [0.15, 0.2) is 40.5 Å². The summed E-state index contributed by atoms with van der Waals surface area (Å²) in [6.45, 7) is 3.23. The molecule has 2 fully saturated rings. The van der Waals surface area contributed by atoms with Gasteiger partial charge in [0.25, 0.3) is 11.5 Å². The van der Waals surface area contributed by atoms with Crippen LogP contribution in [0.15, 0.2) is 59.2 Å². The first-order valence-electron chi connectivity index (χ1n) is 18.7. The van der Waals surface area contributed by atoms with Crippen LogP contribution in [0.2, 0.25) is 0 Å². The molecule has 5 aromatic rings. The number of anilines is 2. The number of amides is 2. The van der Waals surface area contributed by atoms with Crippen LogP contribution in [0.25, 0.3) is 32.8 Å². The molecule has 0 bridgehead atoms. The summed E-state index contributed by atoms with van der Waals surface area (Å²) >= 11 is 0. The molecule has 0 spiro atoms. The molecule has 0 saturated carbocycles. The van der Waals surface area contributed by atoms with E-state index in [1.54, 1.807) is 51.1 Å². The van der Waals surface area contributed by atoms with Crippen molar-refractivity contribution in [1.29, 1.82) is 5.26 Å². The predicted octanol–water partition coefficient (Wildman–Crippen LogP) is 3.69. The number of alkyl halides is 1. The van der Waals surface area contributed by atoms with Gasteiger partial charge in [-0.3, -0.25) is 47.4 Å². The molecule has 2 saturated heterocycles. The first-order valence-corrected chi connectivity index (χ1v) is 20.2. The Kier molecular flexibility index (Phi) is 12.8. The van der Waals surface area contributed by atoms with Crippen LogP contribution in [0, 0.1) is 23.2 Å². The Morgan fingerprint density at radius 2 is 1.80 bits per heavy atom. The number of benzene rings is 1. The number of nitrogens with zero attached hydrogens (tertiary/aromatic N) is 11. The van der Waals surface area contributed by atoms with Gasteiger partial charge < -0.3 is 19.9 Å². The van der Waals surface area contributed by atoms with Crippen molar-refractivity contribution in [2.45, 2.75) is 70.2 Å². The first-order chi connectivity index (χ1) is 29.3. The number of aromatic nitrogens is 8. The number of halogens is 1. The number of fused-ring (bicyclic) bond motifs is 2. The standard InChI is InChI=1S/C35H38FN14O10P/c1-17(2)30(52)46-35-45-29-24(32(54)47-35)42-16-50(29)34-26(22(36)20(58-34)12-43-48-38)60-61(55,56-11-7-10-37)57-13-21-25(51)18(3)33(59-21)49-15-41-23-27(39-14-40-28(23)49)44-31(53)19-8-5-4-6-9-19/h4-6,8-9,14-18,20-22,25-26,33-34,51H,7,11-13H2,1-3H3,(H,39,40,44,53)(H2,45,46,47,52,54). The van der Waals surface area contributed by atoms with Crippen molar-refractivity contribution >= 4 is 53.7 Å². The number of phosphoric acid groups is 1. The summed E-state index contributed by atoms with van der Waals surface area (Å²) in [6, 6.07) is 10.3. The number of aliphatic hydroxyl groups is 1. The summed E-state index contributed by atoms with van der Waals surface area (Å²) in [7, 11) is -4.92. The average molecular weight is 865 g/mol. The smallest absolute Gasteiger partial charge is 0.390 e. The highest BCUT2D eigenvalue weighted by Crippen LogP contribution is 2.55. The van der Waals surface area contributed by atoms with E-state index in [-0.39, 0.29) is 40.5 Å². The molecule has 7 rings (SSSR count). The fraction of sp³-hybridized carbons (Fsp3) is 0.457. The Balaban J connectivity index is 1.13. The molecule has 26 heteroatoms. The number of imidazole rings is 2. The third-order valence-corrected chi connectivity index (χ3v) is 11.2. The number of rotatable bonds is 16. The maximum Gasteiger partial charge on any atom is 0.475 e. The number of phosphoric ester groups is 1. The molecule has 9 unspecified atom stereocenters. The molecule has 2 aliphatic heterocycles. The van der Waals surface area contributed by atoms with Gasteiger partial charge in [0.1, 0.15) is 24.8 Å². The lowest BCUT2D eigenvalue weighted by atomic mass is 10.0. The minimum Gasteiger partial charge on any atom is -0.390 e. The average Bonchev–Trinajstić information content (AvgIpc) is 4.01. The lowest BCUT2D eigenvalue weighted by Crippen LogP contribution is -2.33. The van der Waals surface area contributed by atoms with Crippen LogP contribution >= 0.6 is 7.82 Å². The summed E-state index contributed by atoms with van der Waals surface area (Å²) in [5.74, 6) is -2.16. The van der Waals surface area contributed by atoms with Crippen molar-refractivity contribution in [2.24, 2.45) is 17.0 Å². The highest BCUT2D eigenvalue weighted by atomic mass is 31.2. The molecule has 320 valence electrons. The number of carbonyl (C=O) groups is 2. The largest absolute Gasteiger partial charge is 0.475 e. The van der Waals surface area contributed by atoms with Gasteiger partial charge in [-0.15, -0.1) is 0 Å². The maximum atomic E-state index is 16.3. The molecule has 0 radical (unpaired) electrons. The van der Waals surface area contributed by atoms with Gasteiger partial charge in [0.2, 0.25) is 11.9 Å². The van der Waals surface area contributed by atoms with Crippen LogP contribution in [0.4, 0.5) is 16.2 Å². The highest BCUT2D eigenvalue weighted by molar-refractivity contribution is 7.48. The molecule has 2 amide bonds. The van der Waals surface area contributed by atoms with E-state index in [4.69, 9.17) is 28.6 Å². The molecule has 2 aliphatic rings. The van der Waals surface area contributed by atoms with E-state index in [0.29, 0.717) is 5.56 Å². The number of aliphatic hydroxyl groups excluding tert-OH is 1. The number of azide groups is 1. The second-order valence-corrected chi connectivity index (χ2v) is 15.8. The van der Waals surface area contributed by atoms with Crippen LogP contribution in [0.5, 0.6) is 0 Å². The topological polar surface area (TPSA) is 321 Å². The third kappa shape index (κ3) is 8.97. The quantitative estimate of drug-likeness (QED) is 0.0361. The van der Waals surface area contributed by atoms with Crippen LogP contribution in [0.3, 0.4) is 0 Å². The second kappa shape index (κ2) is 18.2. The van der Waals surface area contributed by atoms with Gasteiger partial charge >= 0.3 is 7.82 Å². The zero-order valence-corrected chi connectivity index (χ0v) is 33.4. The number of aromatic amines is 1. The second-order valence-electron chi connectivity index (χ2n) is 14.1. The zero-order chi connectivity index (χ0) is 43.4. The Morgan fingerprint density at radius 1 is 1.08 bits per heavy atom. The number of nitriles is 1. The SMILES string of the molecule is CC(C)C(=O)Nc1nc2c(ncn2C2OC(CN=[N+]=[N-])C(F)C2OP(=O)(OCCC#N)OCC2OC(n3cnc4c(NC(=O)c5ccccc5)ncnc43)C(C)C2O)c(=O)[nH]1. The third-order valence-electron chi connectivity index (χ3n) is 9.76. The van der Waals surface area contributed by atoms with E-state index >= 15 is 4.39 Å². The summed E-state index contributed by atoms with van der Waals surface area (Å²) < 4.78 is 62.4. The van der Waals surface area contributed by atoms with Crippen molar-refractivity contribution in [3.8, 4) is 6.07 Å².